The van der Waals surface area contributed by atoms with E-state index in [0.29, 0.717) is 17.5 Å². The molecule has 0 fully saturated rings. The Labute approximate surface area is 120 Å². The average Bonchev–Trinajstić information content (AvgIpc) is 2.48. The number of nitro groups is 1. The zero-order valence-corrected chi connectivity index (χ0v) is 11.0. The molecule has 0 spiro atoms. The number of carbonyl (C=O) groups excluding carboxylic acids is 1. The summed E-state index contributed by atoms with van der Waals surface area (Å²) in [6.45, 7) is 0. The molecule has 0 aliphatic heterocycles. The van der Waals surface area contributed by atoms with Gasteiger partial charge in [0.2, 0.25) is 6.41 Å². The highest BCUT2D eigenvalue weighted by atomic mass is 19.1. The molecule has 2 aromatic rings. The summed E-state index contributed by atoms with van der Waals surface area (Å²) in [6, 6.07) is 11.6. The Hall–Kier alpha value is -2.76. The van der Waals surface area contributed by atoms with Crippen LogP contribution < -0.4 is 5.32 Å². The van der Waals surface area contributed by atoms with E-state index in [-0.39, 0.29) is 17.9 Å². The van der Waals surface area contributed by atoms with Crippen LogP contribution in [0.25, 0.3) is 0 Å². The number of carbonyl (C=O) groups is 1. The van der Waals surface area contributed by atoms with E-state index in [1.807, 2.05) is 0 Å². The van der Waals surface area contributed by atoms with Crippen molar-refractivity contribution >= 4 is 12.1 Å². The predicted molar refractivity (Wildman–Crippen MR) is 75.1 cm³/mol. The Bertz CT molecular complexity index is 644. The van der Waals surface area contributed by atoms with Gasteiger partial charge in [0.05, 0.1) is 11.0 Å². The minimum Gasteiger partial charge on any atom is -0.352 e. The number of nitro benzene ring substituents is 1. The number of benzene rings is 2. The van der Waals surface area contributed by atoms with Crippen molar-refractivity contribution in [2.24, 2.45) is 0 Å². The monoisotopic (exact) mass is 288 g/mol. The number of nitrogens with zero attached hydrogens (tertiary/aromatic N) is 1. The normalized spacial score (nSPS) is 11.7. The van der Waals surface area contributed by atoms with Crippen molar-refractivity contribution in [1.82, 2.24) is 5.32 Å². The summed E-state index contributed by atoms with van der Waals surface area (Å²) in [6.07, 6.45) is 0.782. The topological polar surface area (TPSA) is 72.2 Å². The average molecular weight is 288 g/mol. The van der Waals surface area contributed by atoms with Crippen molar-refractivity contribution in [2.45, 2.75) is 12.5 Å². The first kappa shape index (κ1) is 14.6. The second-order valence-corrected chi connectivity index (χ2v) is 4.48. The highest BCUT2D eigenvalue weighted by Gasteiger charge is 2.18. The van der Waals surface area contributed by atoms with Gasteiger partial charge in [0.1, 0.15) is 5.82 Å². The van der Waals surface area contributed by atoms with Crippen molar-refractivity contribution < 1.29 is 14.1 Å². The predicted octanol–water partition coefficient (Wildman–Crippen LogP) is 2.76. The number of nitrogens with one attached hydrogen (secondary N) is 1. The fraction of sp³-hybridized carbons (Fsp3) is 0.133. The summed E-state index contributed by atoms with van der Waals surface area (Å²) in [5.41, 5.74) is 1.19. The minimum absolute atomic E-state index is 0.00249. The molecule has 2 rings (SSSR count). The lowest BCUT2D eigenvalue weighted by atomic mass is 9.98. The van der Waals surface area contributed by atoms with Crippen molar-refractivity contribution in [2.75, 3.05) is 0 Å². The molecule has 108 valence electrons. The van der Waals surface area contributed by atoms with Crippen LogP contribution in [-0.2, 0) is 11.2 Å². The molecule has 0 radical (unpaired) electrons. The molecule has 0 aliphatic carbocycles. The summed E-state index contributed by atoms with van der Waals surface area (Å²) in [5, 5.41) is 13.6. The van der Waals surface area contributed by atoms with Crippen molar-refractivity contribution in [3.05, 3.63) is 75.6 Å². The van der Waals surface area contributed by atoms with Crippen LogP contribution in [-0.4, -0.2) is 11.3 Å². The molecule has 0 saturated heterocycles. The molecule has 0 unspecified atom stereocenters. The van der Waals surface area contributed by atoms with E-state index >= 15 is 0 Å². The van der Waals surface area contributed by atoms with Crippen LogP contribution in [0.5, 0.6) is 0 Å². The van der Waals surface area contributed by atoms with Gasteiger partial charge in [0.25, 0.3) is 5.69 Å². The maximum Gasteiger partial charge on any atom is 0.272 e. The van der Waals surface area contributed by atoms with Crippen LogP contribution in [0.2, 0.25) is 0 Å². The first-order valence-corrected chi connectivity index (χ1v) is 6.29. The van der Waals surface area contributed by atoms with Gasteiger partial charge < -0.3 is 5.32 Å². The summed E-state index contributed by atoms with van der Waals surface area (Å²) >= 11 is 0. The zero-order valence-electron chi connectivity index (χ0n) is 11.0. The summed E-state index contributed by atoms with van der Waals surface area (Å²) in [7, 11) is 0. The maximum absolute atomic E-state index is 13.0. The van der Waals surface area contributed by atoms with E-state index in [0.717, 1.165) is 0 Å². The summed E-state index contributed by atoms with van der Waals surface area (Å²) < 4.78 is 13.0. The minimum atomic E-state index is -0.460. The molecule has 1 atom stereocenters. The van der Waals surface area contributed by atoms with E-state index < -0.39 is 11.0 Å². The van der Waals surface area contributed by atoms with Gasteiger partial charge in [-0.25, -0.2) is 4.39 Å². The van der Waals surface area contributed by atoms with Crippen LogP contribution >= 0.6 is 0 Å². The van der Waals surface area contributed by atoms with Gasteiger partial charge in [-0.3, -0.25) is 14.9 Å². The van der Waals surface area contributed by atoms with Crippen LogP contribution in [0, 0.1) is 15.9 Å². The Balaban J connectivity index is 2.30. The van der Waals surface area contributed by atoms with Gasteiger partial charge in [-0.2, -0.15) is 0 Å². The number of para-hydroxylation sites is 1. The molecule has 5 nitrogen and oxygen atoms in total. The number of rotatable bonds is 6. The van der Waals surface area contributed by atoms with Crippen LogP contribution in [0.4, 0.5) is 10.1 Å². The molecule has 1 N–H and O–H groups in total. The van der Waals surface area contributed by atoms with Crippen LogP contribution in [0.15, 0.2) is 48.5 Å². The lowest BCUT2D eigenvalue weighted by molar-refractivity contribution is -0.385. The third-order valence-corrected chi connectivity index (χ3v) is 3.15. The third kappa shape index (κ3) is 3.62. The molecule has 0 saturated carbocycles. The zero-order chi connectivity index (χ0) is 15.2. The molecule has 6 heteroatoms. The van der Waals surface area contributed by atoms with E-state index in [4.69, 9.17) is 0 Å². The van der Waals surface area contributed by atoms with Crippen LogP contribution in [0.1, 0.15) is 17.2 Å². The van der Waals surface area contributed by atoms with Gasteiger partial charge in [-0.05, 0) is 17.7 Å². The van der Waals surface area contributed by atoms with E-state index in [2.05, 4.69) is 5.32 Å². The van der Waals surface area contributed by atoms with Gasteiger partial charge >= 0.3 is 0 Å². The summed E-state index contributed by atoms with van der Waals surface area (Å²) in [5.74, 6) is -0.380. The third-order valence-electron chi connectivity index (χ3n) is 3.15. The van der Waals surface area contributed by atoms with Crippen LogP contribution in [0.3, 0.4) is 0 Å². The Morgan fingerprint density at radius 3 is 2.48 bits per heavy atom. The Kier molecular flexibility index (Phi) is 4.61. The maximum atomic E-state index is 13.0. The second-order valence-electron chi connectivity index (χ2n) is 4.48. The fourth-order valence-corrected chi connectivity index (χ4v) is 2.13. The molecular formula is C15H13FN2O3. The standard InChI is InChI=1S/C15H13FN2O3/c16-13-7-5-11(6-8-13)14(17-10-19)9-12-3-1-2-4-15(12)18(20)21/h1-8,10,14H,9H2,(H,17,19)/t14-/m0/s1. The van der Waals surface area contributed by atoms with Gasteiger partial charge in [0.15, 0.2) is 0 Å². The van der Waals surface area contributed by atoms with Gasteiger partial charge in [-0.15, -0.1) is 0 Å². The van der Waals surface area contributed by atoms with E-state index in [9.17, 15) is 19.3 Å². The Morgan fingerprint density at radius 2 is 1.86 bits per heavy atom. The molecule has 0 bridgehead atoms. The number of amides is 1. The lowest BCUT2D eigenvalue weighted by Crippen LogP contribution is -2.22. The van der Waals surface area contributed by atoms with Gasteiger partial charge in [-0.1, -0.05) is 30.3 Å². The van der Waals surface area contributed by atoms with Crippen molar-refractivity contribution in [3.63, 3.8) is 0 Å². The van der Waals surface area contributed by atoms with Crippen molar-refractivity contribution in [3.8, 4) is 0 Å². The van der Waals surface area contributed by atoms with E-state index in [1.165, 1.54) is 18.2 Å². The van der Waals surface area contributed by atoms with E-state index in [1.54, 1.807) is 30.3 Å². The van der Waals surface area contributed by atoms with Gasteiger partial charge in [0, 0.05) is 18.1 Å². The lowest BCUT2D eigenvalue weighted by Gasteiger charge is -2.16. The highest BCUT2D eigenvalue weighted by Crippen LogP contribution is 2.25. The van der Waals surface area contributed by atoms with Crippen molar-refractivity contribution in [1.29, 1.82) is 0 Å². The largest absolute Gasteiger partial charge is 0.352 e. The number of halogens is 1. The molecule has 0 aromatic heterocycles. The highest BCUT2D eigenvalue weighted by molar-refractivity contribution is 5.49. The molecular weight excluding hydrogens is 275 g/mol. The first-order valence-electron chi connectivity index (χ1n) is 6.29. The second kappa shape index (κ2) is 6.60. The molecule has 2 aromatic carbocycles. The summed E-state index contributed by atoms with van der Waals surface area (Å²) in [4.78, 5) is 21.3. The molecule has 0 heterocycles. The number of hydrogen-bond acceptors (Lipinski definition) is 3. The smallest absolute Gasteiger partial charge is 0.272 e. The quantitative estimate of drug-likeness (QED) is 0.504. The molecule has 0 aliphatic rings. The Morgan fingerprint density at radius 1 is 1.19 bits per heavy atom. The number of hydrogen-bond donors (Lipinski definition) is 1. The molecule has 21 heavy (non-hydrogen) atoms. The fourth-order valence-electron chi connectivity index (χ4n) is 2.13. The SMILES string of the molecule is O=CN[C@@H](Cc1ccccc1[N+](=O)[O-])c1ccc(F)cc1. The molecule has 1 amide bonds. The first-order chi connectivity index (χ1) is 10.1.